The van der Waals surface area contributed by atoms with Crippen molar-refractivity contribution < 1.29 is 17.9 Å². The zero-order valence-corrected chi connectivity index (χ0v) is 17.9. The van der Waals surface area contributed by atoms with Crippen LogP contribution in [0.3, 0.4) is 0 Å². The fraction of sp³-hybridized carbons (Fsp3) is 0.611. The Morgan fingerprint density at radius 2 is 1.85 bits per heavy atom. The molecule has 1 atom stereocenters. The number of piperidine rings is 1. The Balaban J connectivity index is 1.73. The van der Waals surface area contributed by atoms with Gasteiger partial charge in [-0.2, -0.15) is 4.31 Å². The highest BCUT2D eigenvalue weighted by Gasteiger charge is 2.45. The molecular weight excluding hydrogens is 420 g/mol. The fourth-order valence-corrected chi connectivity index (χ4v) is 6.19. The fourth-order valence-electron chi connectivity index (χ4n) is 3.68. The van der Waals surface area contributed by atoms with Crippen LogP contribution in [0.25, 0.3) is 0 Å². The zero-order chi connectivity index (χ0) is 19.3. The van der Waals surface area contributed by atoms with Gasteiger partial charge in [-0.05, 0) is 64.3 Å². The van der Waals surface area contributed by atoms with E-state index in [1.54, 1.807) is 21.3 Å². The molecule has 144 valence electrons. The predicted octanol–water partition coefficient (Wildman–Crippen LogP) is 3.91. The van der Waals surface area contributed by atoms with Crippen LogP contribution in [0.1, 0.15) is 52.1 Å². The lowest BCUT2D eigenvalue weighted by atomic mass is 10.0. The third-order valence-electron chi connectivity index (χ3n) is 4.84. The molecule has 2 aliphatic rings. The van der Waals surface area contributed by atoms with Crippen molar-refractivity contribution in [2.24, 2.45) is 0 Å². The molecule has 1 amide bonds. The van der Waals surface area contributed by atoms with Crippen LogP contribution in [0.4, 0.5) is 4.79 Å². The number of rotatable bonds is 1. The van der Waals surface area contributed by atoms with Gasteiger partial charge in [0.05, 0.1) is 4.90 Å². The van der Waals surface area contributed by atoms with E-state index in [2.05, 4.69) is 15.9 Å². The molecule has 3 rings (SSSR count). The number of hydrogen-bond acceptors (Lipinski definition) is 4. The maximum absolute atomic E-state index is 13.0. The second-order valence-electron chi connectivity index (χ2n) is 7.89. The largest absolute Gasteiger partial charge is 0.444 e. The summed E-state index contributed by atoms with van der Waals surface area (Å²) in [6, 6.07) is 5.00. The average molecular weight is 445 g/mol. The lowest BCUT2D eigenvalue weighted by molar-refractivity contribution is 0.0171. The van der Waals surface area contributed by atoms with Gasteiger partial charge in [0.25, 0.3) is 0 Å². The van der Waals surface area contributed by atoms with Crippen molar-refractivity contribution in [1.29, 1.82) is 0 Å². The minimum Gasteiger partial charge on any atom is -0.444 e. The standard InChI is InChI=1S/C18H25BrN2O4S/c1-12-15-11-13(19)5-6-16(15)26(23,24)21(12)14-7-9-20(10-8-14)17(22)25-18(2,3)4/h5-6,11-12,14H,7-10H2,1-4H3. The molecular formula is C18H25BrN2O4S. The van der Waals surface area contributed by atoms with Crippen molar-refractivity contribution in [3.63, 3.8) is 0 Å². The molecule has 0 N–H and O–H groups in total. The van der Waals surface area contributed by atoms with E-state index < -0.39 is 15.6 Å². The van der Waals surface area contributed by atoms with E-state index in [0.717, 1.165) is 10.0 Å². The lowest BCUT2D eigenvalue weighted by Gasteiger charge is -2.38. The van der Waals surface area contributed by atoms with Crippen molar-refractivity contribution in [2.75, 3.05) is 13.1 Å². The van der Waals surface area contributed by atoms with E-state index in [9.17, 15) is 13.2 Å². The van der Waals surface area contributed by atoms with Gasteiger partial charge in [-0.3, -0.25) is 0 Å². The van der Waals surface area contributed by atoms with E-state index in [4.69, 9.17) is 4.74 Å². The number of fused-ring (bicyclic) bond motifs is 1. The van der Waals surface area contributed by atoms with Crippen LogP contribution >= 0.6 is 15.9 Å². The van der Waals surface area contributed by atoms with Crippen LogP contribution in [0.5, 0.6) is 0 Å². The summed E-state index contributed by atoms with van der Waals surface area (Å²) in [5, 5.41) is 0. The summed E-state index contributed by atoms with van der Waals surface area (Å²) in [6.07, 6.45) is 0.885. The first kappa shape index (κ1) is 19.6. The van der Waals surface area contributed by atoms with Crippen molar-refractivity contribution in [2.45, 2.75) is 63.1 Å². The molecule has 26 heavy (non-hydrogen) atoms. The van der Waals surface area contributed by atoms with Gasteiger partial charge < -0.3 is 9.64 Å². The topological polar surface area (TPSA) is 66.9 Å². The van der Waals surface area contributed by atoms with Gasteiger partial charge in [0.15, 0.2) is 0 Å². The third-order valence-corrected chi connectivity index (χ3v) is 7.43. The van der Waals surface area contributed by atoms with Gasteiger partial charge >= 0.3 is 6.09 Å². The average Bonchev–Trinajstić information content (AvgIpc) is 2.72. The first-order chi connectivity index (χ1) is 12.0. The van der Waals surface area contributed by atoms with Crippen molar-refractivity contribution in [3.05, 3.63) is 28.2 Å². The third kappa shape index (κ3) is 3.64. The maximum Gasteiger partial charge on any atom is 0.410 e. The second kappa shape index (κ2) is 6.80. The maximum atomic E-state index is 13.0. The number of nitrogens with zero attached hydrogens (tertiary/aromatic N) is 2. The molecule has 0 spiro atoms. The number of amides is 1. The van der Waals surface area contributed by atoms with Crippen molar-refractivity contribution in [3.8, 4) is 0 Å². The smallest absolute Gasteiger partial charge is 0.410 e. The molecule has 1 unspecified atom stereocenters. The van der Waals surface area contributed by atoms with E-state index in [0.29, 0.717) is 30.8 Å². The number of likely N-dealkylation sites (tertiary alicyclic amines) is 1. The Morgan fingerprint density at radius 1 is 1.23 bits per heavy atom. The minimum absolute atomic E-state index is 0.111. The van der Waals surface area contributed by atoms with Crippen molar-refractivity contribution in [1.82, 2.24) is 9.21 Å². The zero-order valence-electron chi connectivity index (χ0n) is 15.5. The van der Waals surface area contributed by atoms with E-state index in [1.807, 2.05) is 33.8 Å². The highest BCUT2D eigenvalue weighted by atomic mass is 79.9. The number of sulfonamides is 1. The Labute approximate surface area is 163 Å². The Morgan fingerprint density at radius 3 is 2.42 bits per heavy atom. The Bertz CT molecular complexity index is 811. The summed E-state index contributed by atoms with van der Waals surface area (Å²) in [6.45, 7) is 8.44. The van der Waals surface area contributed by atoms with Crippen LogP contribution in [-0.4, -0.2) is 48.4 Å². The van der Waals surface area contributed by atoms with Crippen LogP contribution < -0.4 is 0 Å². The molecule has 0 aliphatic carbocycles. The van der Waals surface area contributed by atoms with Crippen molar-refractivity contribution >= 4 is 32.0 Å². The van der Waals surface area contributed by atoms with Crippen LogP contribution in [0, 0.1) is 0 Å². The molecule has 2 aliphatic heterocycles. The number of ether oxygens (including phenoxy) is 1. The van der Waals surface area contributed by atoms with Crippen LogP contribution in [0.2, 0.25) is 0 Å². The van der Waals surface area contributed by atoms with E-state index in [1.165, 1.54) is 0 Å². The number of carbonyl (C=O) groups is 1. The monoisotopic (exact) mass is 444 g/mol. The van der Waals surface area contributed by atoms with Gasteiger partial charge in [0.1, 0.15) is 5.60 Å². The molecule has 8 heteroatoms. The molecule has 0 saturated carbocycles. The van der Waals surface area contributed by atoms with Gasteiger partial charge in [-0.25, -0.2) is 13.2 Å². The van der Waals surface area contributed by atoms with E-state index in [-0.39, 0.29) is 18.2 Å². The van der Waals surface area contributed by atoms with Crippen LogP contribution in [-0.2, 0) is 14.8 Å². The van der Waals surface area contributed by atoms with Gasteiger partial charge in [-0.1, -0.05) is 15.9 Å². The molecule has 0 aromatic heterocycles. The summed E-state index contributed by atoms with van der Waals surface area (Å²) in [5.41, 5.74) is 0.296. The van der Waals surface area contributed by atoms with E-state index >= 15 is 0 Å². The summed E-state index contributed by atoms with van der Waals surface area (Å²) in [7, 11) is -3.50. The minimum atomic E-state index is -3.50. The molecule has 6 nitrogen and oxygen atoms in total. The highest BCUT2D eigenvalue weighted by Crippen LogP contribution is 2.43. The molecule has 0 bridgehead atoms. The SMILES string of the molecule is CC1c2cc(Br)ccc2S(=O)(=O)N1C1CCN(C(=O)OC(C)(C)C)CC1. The number of benzene rings is 1. The summed E-state index contributed by atoms with van der Waals surface area (Å²) >= 11 is 3.42. The lowest BCUT2D eigenvalue weighted by Crippen LogP contribution is -2.48. The summed E-state index contributed by atoms with van der Waals surface area (Å²) in [4.78, 5) is 14.3. The first-order valence-electron chi connectivity index (χ1n) is 8.81. The molecule has 2 heterocycles. The molecule has 1 aromatic rings. The number of halogens is 1. The summed E-state index contributed by atoms with van der Waals surface area (Å²) < 4.78 is 33.9. The van der Waals surface area contributed by atoms with Crippen LogP contribution in [0.15, 0.2) is 27.6 Å². The van der Waals surface area contributed by atoms with Gasteiger partial charge in [0.2, 0.25) is 10.0 Å². The van der Waals surface area contributed by atoms with Gasteiger partial charge in [0, 0.05) is 29.6 Å². The Hall–Kier alpha value is -1.12. The number of carbonyl (C=O) groups excluding carboxylic acids is 1. The number of hydrogen-bond donors (Lipinski definition) is 0. The molecule has 1 saturated heterocycles. The summed E-state index contributed by atoms with van der Waals surface area (Å²) in [5.74, 6) is 0. The Kier molecular flexibility index (Phi) is 5.13. The molecule has 0 radical (unpaired) electrons. The predicted molar refractivity (Wildman–Crippen MR) is 102 cm³/mol. The molecule has 1 fully saturated rings. The first-order valence-corrected chi connectivity index (χ1v) is 11.0. The second-order valence-corrected chi connectivity index (χ2v) is 10.6. The quantitative estimate of drug-likeness (QED) is 0.658. The normalized spacial score (nSPS) is 23.7. The van der Waals surface area contributed by atoms with Gasteiger partial charge in [-0.15, -0.1) is 0 Å². The highest BCUT2D eigenvalue weighted by molar-refractivity contribution is 9.10. The molecule has 1 aromatic carbocycles.